The van der Waals surface area contributed by atoms with Crippen molar-refractivity contribution in [3.63, 3.8) is 0 Å². The number of carbonyl (C=O) groups excluding carboxylic acids is 3. The number of rotatable bonds is 6. The highest BCUT2D eigenvalue weighted by Crippen LogP contribution is 2.32. The topological polar surface area (TPSA) is 76.2 Å². The number of nitrogens with zero attached hydrogens (tertiary/aromatic N) is 2. The fourth-order valence-electron chi connectivity index (χ4n) is 2.79. The van der Waals surface area contributed by atoms with Gasteiger partial charge in [0.05, 0.1) is 24.2 Å². The highest BCUT2D eigenvalue weighted by molar-refractivity contribution is 8.18. The number of benzene rings is 1. The zero-order valence-electron chi connectivity index (χ0n) is 16.1. The van der Waals surface area contributed by atoms with Crippen LogP contribution in [0.2, 0.25) is 0 Å². The normalized spacial score (nSPS) is 20.0. The summed E-state index contributed by atoms with van der Waals surface area (Å²) in [5.74, 6) is 0.0886. The van der Waals surface area contributed by atoms with Gasteiger partial charge >= 0.3 is 0 Å². The van der Waals surface area contributed by atoms with Crippen LogP contribution in [0, 0.1) is 0 Å². The Bertz CT molecular complexity index is 771. The fraction of sp³-hybridized carbons (Fsp3) is 0.450. The molecule has 2 saturated heterocycles. The second-order valence-electron chi connectivity index (χ2n) is 6.67. The van der Waals surface area contributed by atoms with Crippen molar-refractivity contribution >= 4 is 34.9 Å². The van der Waals surface area contributed by atoms with E-state index in [4.69, 9.17) is 9.47 Å². The molecule has 0 saturated carbocycles. The Kier molecular flexibility index (Phi) is 6.74. The number of carbonyl (C=O) groups is 3. The van der Waals surface area contributed by atoms with Crippen LogP contribution in [0.5, 0.6) is 5.75 Å². The van der Waals surface area contributed by atoms with Crippen LogP contribution >= 0.6 is 11.8 Å². The first-order valence-corrected chi connectivity index (χ1v) is 10.2. The highest BCUT2D eigenvalue weighted by Gasteiger charge is 2.37. The summed E-state index contributed by atoms with van der Waals surface area (Å²) in [6.07, 6.45) is 2.71. The number of morpholine rings is 1. The van der Waals surface area contributed by atoms with E-state index in [2.05, 4.69) is 6.92 Å². The van der Waals surface area contributed by atoms with Crippen molar-refractivity contribution in [1.82, 2.24) is 9.80 Å². The minimum atomic E-state index is -0.434. The van der Waals surface area contributed by atoms with Crippen molar-refractivity contribution in [1.29, 1.82) is 0 Å². The Morgan fingerprint density at radius 3 is 2.57 bits per heavy atom. The van der Waals surface area contributed by atoms with E-state index in [0.29, 0.717) is 31.2 Å². The second kappa shape index (κ2) is 9.25. The van der Waals surface area contributed by atoms with Gasteiger partial charge in [0, 0.05) is 13.1 Å². The van der Waals surface area contributed by atoms with Crippen molar-refractivity contribution in [3.05, 3.63) is 34.7 Å². The molecule has 3 amide bonds. The maximum atomic E-state index is 12.6. The summed E-state index contributed by atoms with van der Waals surface area (Å²) in [7, 11) is 0. The minimum absolute atomic E-state index is 0.131. The largest absolute Gasteiger partial charge is 0.491 e. The molecule has 2 heterocycles. The molecule has 0 aliphatic carbocycles. The zero-order valence-corrected chi connectivity index (χ0v) is 16.9. The van der Waals surface area contributed by atoms with E-state index in [1.165, 1.54) is 0 Å². The van der Waals surface area contributed by atoms with Gasteiger partial charge in [-0.2, -0.15) is 0 Å². The first kappa shape index (κ1) is 20.4. The van der Waals surface area contributed by atoms with Crippen molar-refractivity contribution < 1.29 is 23.9 Å². The predicted molar refractivity (Wildman–Crippen MR) is 107 cm³/mol. The molecule has 3 rings (SSSR count). The van der Waals surface area contributed by atoms with E-state index in [1.807, 2.05) is 31.2 Å². The molecule has 0 N–H and O–H groups in total. The summed E-state index contributed by atoms with van der Waals surface area (Å²) < 4.78 is 11.0. The summed E-state index contributed by atoms with van der Waals surface area (Å²) in [6.45, 7) is 5.74. The number of ether oxygens (including phenoxy) is 2. The first-order valence-electron chi connectivity index (χ1n) is 9.35. The third kappa shape index (κ3) is 4.94. The van der Waals surface area contributed by atoms with Crippen LogP contribution in [-0.2, 0) is 14.3 Å². The zero-order chi connectivity index (χ0) is 20.1. The van der Waals surface area contributed by atoms with Gasteiger partial charge in [0.25, 0.3) is 11.1 Å². The molecule has 2 fully saturated rings. The standard InChI is InChI=1S/C20H24N2O5S/c1-3-14(2)27-16-6-4-15(5-7-16)12-17-19(24)22(20(25)28-17)13-18(23)21-8-10-26-11-9-21/h4-7,12,14H,3,8-11,13H2,1-2H3. The quantitative estimate of drug-likeness (QED) is 0.679. The fourth-order valence-corrected chi connectivity index (χ4v) is 3.63. The maximum absolute atomic E-state index is 12.6. The molecule has 8 heteroatoms. The molecule has 0 radical (unpaired) electrons. The Morgan fingerprint density at radius 1 is 1.25 bits per heavy atom. The molecule has 2 aliphatic rings. The van der Waals surface area contributed by atoms with Crippen LogP contribution in [0.1, 0.15) is 25.8 Å². The molecule has 1 aromatic carbocycles. The van der Waals surface area contributed by atoms with Gasteiger partial charge in [0.15, 0.2) is 0 Å². The molecule has 1 atom stereocenters. The summed E-state index contributed by atoms with van der Waals surface area (Å²) in [4.78, 5) is 40.1. The highest BCUT2D eigenvalue weighted by atomic mass is 32.2. The van der Waals surface area contributed by atoms with Crippen LogP contribution in [0.3, 0.4) is 0 Å². The van der Waals surface area contributed by atoms with Gasteiger partial charge in [-0.25, -0.2) is 0 Å². The SMILES string of the molecule is CCC(C)Oc1ccc(C=C2SC(=O)N(CC(=O)N3CCOCC3)C2=O)cc1. The molecule has 7 nitrogen and oxygen atoms in total. The number of hydrogen-bond donors (Lipinski definition) is 0. The molecular weight excluding hydrogens is 380 g/mol. The smallest absolute Gasteiger partial charge is 0.294 e. The Hall–Kier alpha value is -2.32. The van der Waals surface area contributed by atoms with Gasteiger partial charge in [-0.05, 0) is 48.9 Å². The Balaban J connectivity index is 1.64. The summed E-state index contributed by atoms with van der Waals surface area (Å²) in [6, 6.07) is 7.35. The summed E-state index contributed by atoms with van der Waals surface area (Å²) >= 11 is 0.856. The minimum Gasteiger partial charge on any atom is -0.491 e. The molecule has 2 aliphatic heterocycles. The van der Waals surface area contributed by atoms with Gasteiger partial charge in [0.1, 0.15) is 12.3 Å². The van der Waals surface area contributed by atoms with Gasteiger partial charge in [-0.3, -0.25) is 19.3 Å². The number of amides is 3. The lowest BCUT2D eigenvalue weighted by Crippen LogP contribution is -2.46. The molecule has 28 heavy (non-hydrogen) atoms. The molecule has 0 spiro atoms. The monoisotopic (exact) mass is 404 g/mol. The van der Waals surface area contributed by atoms with Crippen LogP contribution in [0.15, 0.2) is 29.2 Å². The van der Waals surface area contributed by atoms with E-state index in [0.717, 1.165) is 34.4 Å². The van der Waals surface area contributed by atoms with Gasteiger partial charge in [0.2, 0.25) is 5.91 Å². The van der Waals surface area contributed by atoms with Crippen LogP contribution in [-0.4, -0.2) is 65.8 Å². The van der Waals surface area contributed by atoms with E-state index >= 15 is 0 Å². The number of thioether (sulfide) groups is 1. The summed E-state index contributed by atoms with van der Waals surface area (Å²) in [5.41, 5.74) is 0.793. The van der Waals surface area contributed by atoms with E-state index in [9.17, 15) is 14.4 Å². The number of hydrogen-bond acceptors (Lipinski definition) is 6. The number of imide groups is 1. The van der Waals surface area contributed by atoms with E-state index in [-0.39, 0.29) is 18.6 Å². The van der Waals surface area contributed by atoms with E-state index in [1.54, 1.807) is 11.0 Å². The lowest BCUT2D eigenvalue weighted by atomic mass is 10.2. The molecular formula is C20H24N2O5S. The third-order valence-corrected chi connectivity index (χ3v) is 5.53. The Labute approximate surface area is 168 Å². The van der Waals surface area contributed by atoms with Crippen molar-refractivity contribution in [2.24, 2.45) is 0 Å². The molecule has 1 aromatic rings. The van der Waals surface area contributed by atoms with Gasteiger partial charge in [-0.1, -0.05) is 19.1 Å². The first-order chi connectivity index (χ1) is 13.5. The Morgan fingerprint density at radius 2 is 1.93 bits per heavy atom. The van der Waals surface area contributed by atoms with Crippen molar-refractivity contribution in [3.8, 4) is 5.75 Å². The molecule has 0 bridgehead atoms. The van der Waals surface area contributed by atoms with Crippen LogP contribution in [0.4, 0.5) is 4.79 Å². The third-order valence-electron chi connectivity index (χ3n) is 4.62. The van der Waals surface area contributed by atoms with Gasteiger partial charge in [-0.15, -0.1) is 0 Å². The average Bonchev–Trinajstić information content (AvgIpc) is 2.97. The molecule has 1 unspecified atom stereocenters. The maximum Gasteiger partial charge on any atom is 0.294 e. The lowest BCUT2D eigenvalue weighted by Gasteiger charge is -2.28. The lowest BCUT2D eigenvalue weighted by molar-refractivity contribution is -0.139. The van der Waals surface area contributed by atoms with Gasteiger partial charge < -0.3 is 14.4 Å². The average molecular weight is 404 g/mol. The van der Waals surface area contributed by atoms with Crippen LogP contribution in [0.25, 0.3) is 6.08 Å². The molecule has 150 valence electrons. The van der Waals surface area contributed by atoms with Crippen molar-refractivity contribution in [2.75, 3.05) is 32.8 Å². The summed E-state index contributed by atoms with van der Waals surface area (Å²) in [5, 5.41) is -0.422. The predicted octanol–water partition coefficient (Wildman–Crippen LogP) is 2.76. The molecule has 0 aromatic heterocycles. The van der Waals surface area contributed by atoms with E-state index < -0.39 is 11.1 Å². The van der Waals surface area contributed by atoms with Crippen LogP contribution < -0.4 is 4.74 Å². The second-order valence-corrected chi connectivity index (χ2v) is 7.66. The van der Waals surface area contributed by atoms with Crippen molar-refractivity contribution in [2.45, 2.75) is 26.4 Å².